The first-order valence-electron chi connectivity index (χ1n) is 6.25. The van der Waals surface area contributed by atoms with Crippen LogP contribution in [0.5, 0.6) is 0 Å². The Morgan fingerprint density at radius 3 is 2.63 bits per heavy atom. The lowest BCUT2D eigenvalue weighted by atomic mass is 9.94. The SMILES string of the molecule is CC(C)CC(CNC(=O)c1ccnnc1)CC(=O)O. The minimum Gasteiger partial charge on any atom is -0.481 e. The van der Waals surface area contributed by atoms with E-state index in [4.69, 9.17) is 5.11 Å². The summed E-state index contributed by atoms with van der Waals surface area (Å²) in [5.41, 5.74) is 0.425. The van der Waals surface area contributed by atoms with Gasteiger partial charge in [-0.3, -0.25) is 9.59 Å². The number of aliphatic carboxylic acids is 1. The lowest BCUT2D eigenvalue weighted by Crippen LogP contribution is -2.31. The molecule has 0 aliphatic heterocycles. The fourth-order valence-electron chi connectivity index (χ4n) is 1.92. The molecule has 0 radical (unpaired) electrons. The Kier molecular flexibility index (Phi) is 5.92. The summed E-state index contributed by atoms with van der Waals surface area (Å²) in [6.07, 6.45) is 3.65. The van der Waals surface area contributed by atoms with E-state index < -0.39 is 5.97 Å². The second kappa shape index (κ2) is 7.45. The smallest absolute Gasteiger partial charge is 0.303 e. The van der Waals surface area contributed by atoms with Gasteiger partial charge in [-0.1, -0.05) is 13.8 Å². The summed E-state index contributed by atoms with van der Waals surface area (Å²) in [6.45, 7) is 4.42. The molecule has 19 heavy (non-hydrogen) atoms. The molecular weight excluding hydrogens is 246 g/mol. The first-order chi connectivity index (χ1) is 8.99. The van der Waals surface area contributed by atoms with Crippen molar-refractivity contribution < 1.29 is 14.7 Å². The van der Waals surface area contributed by atoms with E-state index >= 15 is 0 Å². The second-order valence-corrected chi connectivity index (χ2v) is 4.93. The zero-order chi connectivity index (χ0) is 14.3. The zero-order valence-electron chi connectivity index (χ0n) is 11.2. The number of nitrogens with zero attached hydrogens (tertiary/aromatic N) is 2. The summed E-state index contributed by atoms with van der Waals surface area (Å²) >= 11 is 0. The molecule has 0 aliphatic rings. The molecule has 1 atom stereocenters. The van der Waals surface area contributed by atoms with Crippen LogP contribution in [-0.4, -0.2) is 33.7 Å². The molecule has 1 unspecified atom stereocenters. The first kappa shape index (κ1) is 15.1. The average Bonchev–Trinajstić information content (AvgIpc) is 2.35. The number of carbonyl (C=O) groups excluding carboxylic acids is 1. The van der Waals surface area contributed by atoms with E-state index in [2.05, 4.69) is 15.5 Å². The second-order valence-electron chi connectivity index (χ2n) is 4.93. The van der Waals surface area contributed by atoms with Crippen molar-refractivity contribution in [1.82, 2.24) is 15.5 Å². The van der Waals surface area contributed by atoms with Gasteiger partial charge in [-0.2, -0.15) is 10.2 Å². The zero-order valence-corrected chi connectivity index (χ0v) is 11.2. The molecular formula is C13H19N3O3. The van der Waals surface area contributed by atoms with Gasteiger partial charge in [0, 0.05) is 13.0 Å². The fourth-order valence-corrected chi connectivity index (χ4v) is 1.92. The van der Waals surface area contributed by atoms with Gasteiger partial charge < -0.3 is 10.4 Å². The van der Waals surface area contributed by atoms with Crippen LogP contribution in [0.15, 0.2) is 18.5 Å². The van der Waals surface area contributed by atoms with Crippen molar-refractivity contribution in [2.24, 2.45) is 11.8 Å². The predicted octanol–water partition coefficient (Wildman–Crippen LogP) is 1.34. The molecule has 0 spiro atoms. The van der Waals surface area contributed by atoms with E-state index in [1.807, 2.05) is 13.8 Å². The third kappa shape index (κ3) is 5.94. The third-order valence-electron chi connectivity index (χ3n) is 2.67. The van der Waals surface area contributed by atoms with Crippen molar-refractivity contribution >= 4 is 11.9 Å². The van der Waals surface area contributed by atoms with Gasteiger partial charge in [-0.05, 0) is 24.3 Å². The van der Waals surface area contributed by atoms with Gasteiger partial charge >= 0.3 is 5.97 Å². The molecule has 0 aromatic carbocycles. The van der Waals surface area contributed by atoms with E-state index in [0.29, 0.717) is 18.0 Å². The largest absolute Gasteiger partial charge is 0.481 e. The molecule has 0 fully saturated rings. The summed E-state index contributed by atoms with van der Waals surface area (Å²) in [5, 5.41) is 18.8. The maximum atomic E-state index is 11.8. The Labute approximate surface area is 112 Å². The monoisotopic (exact) mass is 265 g/mol. The van der Waals surface area contributed by atoms with Crippen LogP contribution in [0.1, 0.15) is 37.0 Å². The van der Waals surface area contributed by atoms with Crippen LogP contribution < -0.4 is 5.32 Å². The van der Waals surface area contributed by atoms with Gasteiger partial charge in [0.1, 0.15) is 0 Å². The summed E-state index contributed by atoms with van der Waals surface area (Å²) in [6, 6.07) is 1.57. The summed E-state index contributed by atoms with van der Waals surface area (Å²) < 4.78 is 0. The van der Waals surface area contributed by atoms with Crippen LogP contribution in [0, 0.1) is 11.8 Å². The molecule has 2 N–H and O–H groups in total. The molecule has 6 nitrogen and oxygen atoms in total. The molecule has 1 aromatic heterocycles. The number of carboxylic acids is 1. The van der Waals surface area contributed by atoms with E-state index in [0.717, 1.165) is 6.42 Å². The van der Waals surface area contributed by atoms with Gasteiger partial charge in [0.2, 0.25) is 0 Å². The number of hydrogen-bond donors (Lipinski definition) is 2. The molecule has 0 saturated carbocycles. The molecule has 0 bridgehead atoms. The van der Waals surface area contributed by atoms with Gasteiger partial charge in [-0.25, -0.2) is 0 Å². The Bertz CT molecular complexity index is 420. The highest BCUT2D eigenvalue weighted by Gasteiger charge is 2.16. The summed E-state index contributed by atoms with van der Waals surface area (Å²) in [4.78, 5) is 22.6. The van der Waals surface area contributed by atoms with Gasteiger partial charge in [0.05, 0.1) is 18.0 Å². The van der Waals surface area contributed by atoms with Crippen molar-refractivity contribution in [3.05, 3.63) is 24.0 Å². The lowest BCUT2D eigenvalue weighted by Gasteiger charge is -2.17. The quantitative estimate of drug-likeness (QED) is 0.776. The molecule has 1 aromatic rings. The van der Waals surface area contributed by atoms with Crippen LogP contribution in [-0.2, 0) is 4.79 Å². The van der Waals surface area contributed by atoms with Crippen molar-refractivity contribution in [2.75, 3.05) is 6.54 Å². The van der Waals surface area contributed by atoms with Crippen molar-refractivity contribution in [3.63, 3.8) is 0 Å². The molecule has 0 saturated heterocycles. The lowest BCUT2D eigenvalue weighted by molar-refractivity contribution is -0.138. The summed E-state index contributed by atoms with van der Waals surface area (Å²) in [5.74, 6) is -0.764. The van der Waals surface area contributed by atoms with E-state index in [9.17, 15) is 9.59 Å². The standard InChI is InChI=1S/C13H19N3O3/c1-9(2)5-10(6-12(17)18)7-14-13(19)11-3-4-15-16-8-11/h3-4,8-10H,5-7H2,1-2H3,(H,14,19)(H,17,18). The minimum atomic E-state index is -0.842. The van der Waals surface area contributed by atoms with E-state index in [1.54, 1.807) is 6.07 Å². The molecule has 1 rings (SSSR count). The summed E-state index contributed by atoms with van der Waals surface area (Å²) in [7, 11) is 0. The minimum absolute atomic E-state index is 0.0590. The highest BCUT2D eigenvalue weighted by atomic mass is 16.4. The van der Waals surface area contributed by atoms with E-state index in [1.165, 1.54) is 12.4 Å². The molecule has 104 valence electrons. The number of carboxylic acid groups (broad SMARTS) is 1. The molecule has 1 heterocycles. The Morgan fingerprint density at radius 2 is 2.11 bits per heavy atom. The number of nitrogens with one attached hydrogen (secondary N) is 1. The fraction of sp³-hybridized carbons (Fsp3) is 0.538. The van der Waals surface area contributed by atoms with Crippen LogP contribution >= 0.6 is 0 Å². The molecule has 1 amide bonds. The Balaban J connectivity index is 2.51. The first-order valence-corrected chi connectivity index (χ1v) is 6.25. The normalized spacial score (nSPS) is 12.2. The van der Waals surface area contributed by atoms with Crippen LogP contribution in [0.2, 0.25) is 0 Å². The molecule has 0 aliphatic carbocycles. The third-order valence-corrected chi connectivity index (χ3v) is 2.67. The maximum absolute atomic E-state index is 11.8. The Hall–Kier alpha value is -1.98. The van der Waals surface area contributed by atoms with Gasteiger partial charge in [0.15, 0.2) is 0 Å². The highest BCUT2D eigenvalue weighted by molar-refractivity contribution is 5.93. The van der Waals surface area contributed by atoms with Gasteiger partial charge in [-0.15, -0.1) is 0 Å². The van der Waals surface area contributed by atoms with Crippen LogP contribution in [0.3, 0.4) is 0 Å². The number of amides is 1. The van der Waals surface area contributed by atoms with Gasteiger partial charge in [0.25, 0.3) is 5.91 Å². The van der Waals surface area contributed by atoms with Crippen molar-refractivity contribution in [1.29, 1.82) is 0 Å². The number of hydrogen-bond acceptors (Lipinski definition) is 4. The maximum Gasteiger partial charge on any atom is 0.303 e. The van der Waals surface area contributed by atoms with E-state index in [-0.39, 0.29) is 18.2 Å². The Morgan fingerprint density at radius 1 is 1.37 bits per heavy atom. The number of rotatable bonds is 7. The molecule has 6 heteroatoms. The van der Waals surface area contributed by atoms with Crippen LogP contribution in [0.25, 0.3) is 0 Å². The topological polar surface area (TPSA) is 92.2 Å². The highest BCUT2D eigenvalue weighted by Crippen LogP contribution is 2.14. The average molecular weight is 265 g/mol. The number of carbonyl (C=O) groups is 2. The number of aromatic nitrogens is 2. The van der Waals surface area contributed by atoms with Crippen molar-refractivity contribution in [2.45, 2.75) is 26.7 Å². The van der Waals surface area contributed by atoms with Crippen LogP contribution in [0.4, 0.5) is 0 Å². The predicted molar refractivity (Wildman–Crippen MR) is 69.6 cm³/mol. The van der Waals surface area contributed by atoms with Crippen molar-refractivity contribution in [3.8, 4) is 0 Å².